The minimum Gasteiger partial charge on any atom is -0.438 e. The Balaban J connectivity index is 1.77. The van der Waals surface area contributed by atoms with E-state index in [9.17, 15) is 13.2 Å². The summed E-state index contributed by atoms with van der Waals surface area (Å²) < 4.78 is 31.9. The van der Waals surface area contributed by atoms with E-state index in [4.69, 9.17) is 4.74 Å². The Bertz CT molecular complexity index is 998. The fourth-order valence-corrected chi connectivity index (χ4v) is 4.69. The van der Waals surface area contributed by atoms with E-state index < -0.39 is 15.6 Å². The second-order valence-electron chi connectivity index (χ2n) is 8.09. The maximum atomic E-state index is 13.1. The van der Waals surface area contributed by atoms with Crippen LogP contribution in [0.25, 0.3) is 0 Å². The largest absolute Gasteiger partial charge is 0.438 e. The average Bonchev–Trinajstić information content (AvgIpc) is 2.74. The van der Waals surface area contributed by atoms with Crippen LogP contribution >= 0.6 is 15.9 Å². The molecule has 0 aliphatic carbocycles. The molecule has 1 fully saturated rings. The summed E-state index contributed by atoms with van der Waals surface area (Å²) in [6, 6.07) is 17.6. The lowest BCUT2D eigenvalue weighted by atomic mass is 9.84. The molecule has 168 valence electrons. The van der Waals surface area contributed by atoms with E-state index in [-0.39, 0.29) is 12.1 Å². The Morgan fingerprint density at radius 3 is 2.39 bits per heavy atom. The van der Waals surface area contributed by atoms with Crippen molar-refractivity contribution < 1.29 is 17.9 Å². The predicted octanol–water partition coefficient (Wildman–Crippen LogP) is 4.92. The average molecular weight is 509 g/mol. The normalized spacial score (nSPS) is 20.5. The molecule has 1 amide bonds. The molecule has 6 nitrogen and oxygen atoms in total. The maximum absolute atomic E-state index is 13.1. The molecule has 1 saturated heterocycles. The van der Waals surface area contributed by atoms with Crippen LogP contribution in [-0.2, 0) is 20.4 Å². The molecule has 3 rings (SSSR count). The Kier molecular flexibility index (Phi) is 7.44. The number of carbonyl (C=O) groups excluding carboxylic acids is 1. The minimum absolute atomic E-state index is 0.106. The summed E-state index contributed by atoms with van der Waals surface area (Å²) in [6.45, 7) is 2.94. The summed E-state index contributed by atoms with van der Waals surface area (Å²) in [5, 5.41) is 0. The van der Waals surface area contributed by atoms with Crippen LogP contribution in [0.5, 0.6) is 0 Å². The summed E-state index contributed by atoms with van der Waals surface area (Å²) in [5.41, 5.74) is 1.23. The van der Waals surface area contributed by atoms with Crippen molar-refractivity contribution in [2.75, 3.05) is 26.4 Å². The van der Waals surface area contributed by atoms with Gasteiger partial charge in [-0.25, -0.2) is 17.5 Å². The molecule has 0 N–H and O–H groups in total. The number of carbonyl (C=O) groups is 1. The Morgan fingerprint density at radius 1 is 1.16 bits per heavy atom. The predicted molar refractivity (Wildman–Crippen MR) is 125 cm³/mol. The second-order valence-corrected chi connectivity index (χ2v) is 11.1. The highest BCUT2D eigenvalue weighted by Crippen LogP contribution is 2.40. The van der Waals surface area contributed by atoms with Crippen LogP contribution in [-0.4, -0.2) is 50.1 Å². The molecule has 0 spiro atoms. The van der Waals surface area contributed by atoms with Crippen molar-refractivity contribution in [3.05, 3.63) is 70.2 Å². The van der Waals surface area contributed by atoms with Gasteiger partial charge in [-0.1, -0.05) is 58.4 Å². The summed E-state index contributed by atoms with van der Waals surface area (Å²) in [4.78, 5) is 14.9. The van der Waals surface area contributed by atoms with Gasteiger partial charge in [-0.15, -0.1) is 0 Å². The zero-order valence-electron chi connectivity index (χ0n) is 18.1. The summed E-state index contributed by atoms with van der Waals surface area (Å²) in [6.07, 6.45) is 2.65. The molecular weight excluding hydrogens is 480 g/mol. The molecule has 1 aliphatic rings. The molecule has 0 saturated carbocycles. The second kappa shape index (κ2) is 9.71. The van der Waals surface area contributed by atoms with E-state index in [0.29, 0.717) is 32.4 Å². The lowest BCUT2D eigenvalue weighted by Gasteiger charge is -2.43. The third kappa shape index (κ3) is 5.67. The number of sulfonamides is 1. The molecular formula is C23H29BrN2O4S. The first-order valence-electron chi connectivity index (χ1n) is 10.3. The van der Waals surface area contributed by atoms with Crippen LogP contribution in [0.15, 0.2) is 59.1 Å². The van der Waals surface area contributed by atoms with Crippen LogP contribution in [0.4, 0.5) is 4.79 Å². The van der Waals surface area contributed by atoms with Crippen molar-refractivity contribution in [3.8, 4) is 0 Å². The van der Waals surface area contributed by atoms with Gasteiger partial charge in [0, 0.05) is 31.0 Å². The molecule has 8 heteroatoms. The Morgan fingerprint density at radius 2 is 1.81 bits per heavy atom. The summed E-state index contributed by atoms with van der Waals surface area (Å²) in [5.74, 6) is 0. The van der Waals surface area contributed by atoms with E-state index in [2.05, 4.69) is 15.9 Å². The van der Waals surface area contributed by atoms with Gasteiger partial charge >= 0.3 is 6.09 Å². The third-order valence-corrected chi connectivity index (χ3v) is 7.86. The molecule has 0 radical (unpaired) electrons. The quantitative estimate of drug-likeness (QED) is 0.507. The van der Waals surface area contributed by atoms with E-state index in [1.165, 1.54) is 10.6 Å². The van der Waals surface area contributed by atoms with Gasteiger partial charge in [-0.2, -0.15) is 0 Å². The molecule has 2 aromatic rings. The van der Waals surface area contributed by atoms with Crippen LogP contribution in [0.3, 0.4) is 0 Å². The number of hydrogen-bond acceptors (Lipinski definition) is 4. The van der Waals surface area contributed by atoms with Crippen molar-refractivity contribution in [3.63, 3.8) is 0 Å². The Labute approximate surface area is 193 Å². The van der Waals surface area contributed by atoms with Gasteiger partial charge in [0.2, 0.25) is 10.0 Å². The molecule has 1 heterocycles. The van der Waals surface area contributed by atoms with Crippen molar-refractivity contribution in [1.82, 2.24) is 9.21 Å². The van der Waals surface area contributed by atoms with Crippen molar-refractivity contribution in [2.45, 2.75) is 37.8 Å². The molecule has 0 bridgehead atoms. The topological polar surface area (TPSA) is 66.9 Å². The standard InChI is InChI=1S/C23H29BrN2O4S/c1-18(19-10-12-21(24)13-11-19)26-17-15-23(30-22(26)27,20-8-5-4-6-9-20)14-7-16-25(2)31(3,28)29/h4-6,8-13,18H,7,14-17H2,1-3H3/t18-,23?/m0/s1. The van der Waals surface area contributed by atoms with Gasteiger partial charge in [0.15, 0.2) is 0 Å². The highest BCUT2D eigenvalue weighted by atomic mass is 79.9. The molecule has 1 unspecified atom stereocenters. The van der Waals surface area contributed by atoms with E-state index in [0.717, 1.165) is 15.6 Å². The van der Waals surface area contributed by atoms with Crippen molar-refractivity contribution in [1.29, 1.82) is 0 Å². The number of amides is 1. The summed E-state index contributed by atoms with van der Waals surface area (Å²) >= 11 is 3.44. The lowest BCUT2D eigenvalue weighted by Crippen LogP contribution is -2.49. The lowest BCUT2D eigenvalue weighted by molar-refractivity contribution is -0.0667. The first-order valence-corrected chi connectivity index (χ1v) is 13.0. The van der Waals surface area contributed by atoms with Crippen molar-refractivity contribution in [2.24, 2.45) is 0 Å². The molecule has 2 aromatic carbocycles. The fraction of sp³-hybridized carbons (Fsp3) is 0.435. The number of ether oxygens (including phenoxy) is 1. The zero-order valence-corrected chi connectivity index (χ0v) is 20.5. The van der Waals surface area contributed by atoms with Gasteiger partial charge in [0.25, 0.3) is 0 Å². The van der Waals surface area contributed by atoms with Crippen LogP contribution in [0, 0.1) is 0 Å². The molecule has 0 aromatic heterocycles. The highest BCUT2D eigenvalue weighted by Gasteiger charge is 2.43. The van der Waals surface area contributed by atoms with Crippen LogP contribution in [0.1, 0.15) is 43.4 Å². The molecule has 31 heavy (non-hydrogen) atoms. The van der Waals surface area contributed by atoms with Gasteiger partial charge in [0.1, 0.15) is 5.60 Å². The van der Waals surface area contributed by atoms with Gasteiger partial charge in [-0.05, 0) is 43.0 Å². The number of nitrogens with zero attached hydrogens (tertiary/aromatic N) is 2. The Hall–Kier alpha value is -1.90. The van der Waals surface area contributed by atoms with Crippen LogP contribution < -0.4 is 0 Å². The smallest absolute Gasteiger partial charge is 0.411 e. The van der Waals surface area contributed by atoms with E-state index >= 15 is 0 Å². The third-order valence-electron chi connectivity index (χ3n) is 6.01. The highest BCUT2D eigenvalue weighted by molar-refractivity contribution is 9.10. The van der Waals surface area contributed by atoms with E-state index in [1.54, 1.807) is 11.9 Å². The monoisotopic (exact) mass is 508 g/mol. The fourth-order valence-electron chi connectivity index (χ4n) is 3.96. The van der Waals surface area contributed by atoms with Gasteiger partial charge in [-0.3, -0.25) is 0 Å². The zero-order chi connectivity index (χ0) is 22.6. The molecule has 2 atom stereocenters. The van der Waals surface area contributed by atoms with Gasteiger partial charge < -0.3 is 9.64 Å². The van der Waals surface area contributed by atoms with Crippen molar-refractivity contribution >= 4 is 32.0 Å². The van der Waals surface area contributed by atoms with E-state index in [1.807, 2.05) is 61.5 Å². The number of halogens is 1. The maximum Gasteiger partial charge on any atom is 0.411 e. The number of hydrogen-bond donors (Lipinski definition) is 0. The number of cyclic esters (lactones) is 1. The number of benzene rings is 2. The minimum atomic E-state index is -3.24. The first-order chi connectivity index (χ1) is 14.6. The van der Waals surface area contributed by atoms with Gasteiger partial charge in [0.05, 0.1) is 12.3 Å². The van der Waals surface area contributed by atoms with Crippen LogP contribution in [0.2, 0.25) is 0 Å². The first kappa shape index (κ1) is 23.8. The number of rotatable bonds is 8. The summed E-state index contributed by atoms with van der Waals surface area (Å²) in [7, 11) is -1.67. The SMILES string of the molecule is C[C@@H](c1ccc(Br)cc1)N1CCC(CCCN(C)S(C)(=O)=O)(c2ccccc2)OC1=O. The molecule has 1 aliphatic heterocycles.